The van der Waals surface area contributed by atoms with Crippen molar-refractivity contribution in [2.75, 3.05) is 4.90 Å². The molecule has 2 aromatic rings. The van der Waals surface area contributed by atoms with Crippen LogP contribution < -0.4 is 4.90 Å². The molecule has 1 amide bonds. The summed E-state index contributed by atoms with van der Waals surface area (Å²) in [4.78, 5) is 28.0. The summed E-state index contributed by atoms with van der Waals surface area (Å²) < 4.78 is 0. The van der Waals surface area contributed by atoms with E-state index >= 15 is 0 Å². The SMILES string of the molecule is CC(C)CC(=O)C1=C(O)C(=O)N(c2ccc(C(C)(C)C)cc2)C1c1ccc(C(C)(C)C)cc1. The number of amides is 1. The van der Waals surface area contributed by atoms with Crippen LogP contribution in [-0.4, -0.2) is 16.8 Å². The van der Waals surface area contributed by atoms with Crippen molar-refractivity contribution in [1.29, 1.82) is 0 Å². The summed E-state index contributed by atoms with van der Waals surface area (Å²) >= 11 is 0. The molecule has 1 aliphatic heterocycles. The molecule has 4 nitrogen and oxygen atoms in total. The smallest absolute Gasteiger partial charge is 0.294 e. The molecule has 4 heteroatoms. The fourth-order valence-corrected chi connectivity index (χ4v) is 4.24. The highest BCUT2D eigenvalue weighted by Gasteiger charge is 2.44. The summed E-state index contributed by atoms with van der Waals surface area (Å²) in [6.07, 6.45) is 0.278. The van der Waals surface area contributed by atoms with Crippen LogP contribution in [0.3, 0.4) is 0 Å². The third-order valence-corrected chi connectivity index (χ3v) is 6.21. The molecule has 0 aliphatic carbocycles. The molecule has 2 aromatic carbocycles. The van der Waals surface area contributed by atoms with Gasteiger partial charge in [-0.1, -0.05) is 91.8 Å². The lowest BCUT2D eigenvalue weighted by Crippen LogP contribution is -2.31. The number of anilines is 1. The van der Waals surface area contributed by atoms with E-state index in [9.17, 15) is 14.7 Å². The second-order valence-corrected chi connectivity index (χ2v) is 11.5. The monoisotopic (exact) mass is 447 g/mol. The fraction of sp³-hybridized carbons (Fsp3) is 0.448. The maximum Gasteiger partial charge on any atom is 0.294 e. The van der Waals surface area contributed by atoms with Gasteiger partial charge in [-0.2, -0.15) is 0 Å². The first kappa shape index (κ1) is 24.8. The van der Waals surface area contributed by atoms with Gasteiger partial charge in [0, 0.05) is 12.1 Å². The van der Waals surface area contributed by atoms with Crippen LogP contribution in [0.2, 0.25) is 0 Å². The van der Waals surface area contributed by atoms with Gasteiger partial charge in [0.15, 0.2) is 11.5 Å². The summed E-state index contributed by atoms with van der Waals surface area (Å²) in [7, 11) is 0. The highest BCUT2D eigenvalue weighted by atomic mass is 16.3. The molecule has 3 rings (SSSR count). The van der Waals surface area contributed by atoms with Crippen molar-refractivity contribution in [3.05, 3.63) is 76.6 Å². The summed E-state index contributed by atoms with van der Waals surface area (Å²) in [5.74, 6) is -1.03. The molecule has 1 atom stereocenters. The molecule has 0 fully saturated rings. The molecule has 0 radical (unpaired) electrons. The van der Waals surface area contributed by atoms with Gasteiger partial charge in [0.25, 0.3) is 5.91 Å². The molecular weight excluding hydrogens is 410 g/mol. The molecule has 0 bridgehead atoms. The number of carbonyl (C=O) groups excluding carboxylic acids is 2. The van der Waals surface area contributed by atoms with Crippen molar-refractivity contribution in [3.63, 3.8) is 0 Å². The van der Waals surface area contributed by atoms with Crippen molar-refractivity contribution >= 4 is 17.4 Å². The van der Waals surface area contributed by atoms with Crippen LogP contribution in [0.1, 0.15) is 84.5 Å². The Morgan fingerprint density at radius 3 is 1.76 bits per heavy atom. The maximum absolute atomic E-state index is 13.3. The number of nitrogens with zero attached hydrogens (tertiary/aromatic N) is 1. The van der Waals surface area contributed by atoms with Crippen molar-refractivity contribution < 1.29 is 14.7 Å². The predicted molar refractivity (Wildman–Crippen MR) is 135 cm³/mol. The Hall–Kier alpha value is -2.88. The average molecular weight is 448 g/mol. The number of aliphatic hydroxyl groups excluding tert-OH is 1. The van der Waals surface area contributed by atoms with Gasteiger partial charge in [-0.3, -0.25) is 14.5 Å². The predicted octanol–water partition coefficient (Wildman–Crippen LogP) is 6.80. The Morgan fingerprint density at radius 2 is 1.33 bits per heavy atom. The zero-order valence-corrected chi connectivity index (χ0v) is 21.2. The second-order valence-electron chi connectivity index (χ2n) is 11.5. The minimum Gasteiger partial charge on any atom is -0.503 e. The maximum atomic E-state index is 13.3. The van der Waals surface area contributed by atoms with E-state index in [0.717, 1.165) is 11.1 Å². The van der Waals surface area contributed by atoms with Gasteiger partial charge in [-0.25, -0.2) is 0 Å². The van der Waals surface area contributed by atoms with Gasteiger partial charge >= 0.3 is 0 Å². The molecule has 0 spiro atoms. The van der Waals surface area contributed by atoms with Gasteiger partial charge in [0.05, 0.1) is 11.6 Å². The molecule has 1 heterocycles. The number of ketones is 1. The van der Waals surface area contributed by atoms with Gasteiger partial charge in [-0.15, -0.1) is 0 Å². The summed E-state index contributed by atoms with van der Waals surface area (Å²) in [6, 6.07) is 15.2. The van der Waals surface area contributed by atoms with E-state index in [2.05, 4.69) is 41.5 Å². The third-order valence-electron chi connectivity index (χ3n) is 6.21. The molecule has 1 N–H and O–H groups in total. The van der Waals surface area contributed by atoms with Crippen molar-refractivity contribution in [2.24, 2.45) is 5.92 Å². The molecule has 33 heavy (non-hydrogen) atoms. The Bertz CT molecular complexity index is 1060. The topological polar surface area (TPSA) is 57.6 Å². The number of hydrogen-bond donors (Lipinski definition) is 1. The normalized spacial score (nSPS) is 17.3. The quantitative estimate of drug-likeness (QED) is 0.548. The first-order chi connectivity index (χ1) is 15.2. The standard InChI is InChI=1S/C29H37NO3/c1-18(2)17-23(31)24-25(19-9-11-20(12-10-19)28(3,4)5)30(27(33)26(24)32)22-15-13-21(14-16-22)29(6,7)8/h9-16,18,25,32H,17H2,1-8H3. The summed E-state index contributed by atoms with van der Waals surface area (Å²) in [6.45, 7) is 16.8. The molecule has 0 saturated carbocycles. The van der Waals surface area contributed by atoms with Crippen LogP contribution in [-0.2, 0) is 20.4 Å². The van der Waals surface area contributed by atoms with Crippen molar-refractivity contribution in [2.45, 2.75) is 78.7 Å². The van der Waals surface area contributed by atoms with Crippen molar-refractivity contribution in [1.82, 2.24) is 0 Å². The van der Waals surface area contributed by atoms with E-state index in [4.69, 9.17) is 0 Å². The number of rotatable bonds is 5. The van der Waals surface area contributed by atoms with Gasteiger partial charge in [0.1, 0.15) is 0 Å². The van der Waals surface area contributed by atoms with Crippen molar-refractivity contribution in [3.8, 4) is 0 Å². The Kier molecular flexibility index (Phi) is 6.61. The number of carbonyl (C=O) groups is 2. The average Bonchev–Trinajstić information content (AvgIpc) is 2.97. The second kappa shape index (κ2) is 8.81. The molecular formula is C29H37NO3. The molecule has 1 unspecified atom stereocenters. The van der Waals surface area contributed by atoms with E-state index < -0.39 is 17.7 Å². The summed E-state index contributed by atoms with van der Waals surface area (Å²) in [5.41, 5.74) is 3.95. The lowest BCUT2D eigenvalue weighted by molar-refractivity contribution is -0.118. The highest BCUT2D eigenvalue weighted by molar-refractivity contribution is 6.16. The number of Topliss-reactive ketones (excluding diaryl/α,β-unsaturated/α-hetero) is 1. The van der Waals surface area contributed by atoms with E-state index in [0.29, 0.717) is 5.69 Å². The van der Waals surface area contributed by atoms with Gasteiger partial charge in [0.2, 0.25) is 0 Å². The zero-order valence-electron chi connectivity index (χ0n) is 21.2. The highest BCUT2D eigenvalue weighted by Crippen LogP contribution is 2.42. The lowest BCUT2D eigenvalue weighted by Gasteiger charge is -2.29. The molecule has 0 aromatic heterocycles. The van der Waals surface area contributed by atoms with Crippen LogP contribution in [0, 0.1) is 5.92 Å². The van der Waals surface area contributed by atoms with E-state index in [1.165, 1.54) is 5.56 Å². The van der Waals surface area contributed by atoms with Crippen LogP contribution in [0.5, 0.6) is 0 Å². The third kappa shape index (κ3) is 5.05. The number of aliphatic hydroxyl groups is 1. The Balaban J connectivity index is 2.12. The minimum absolute atomic E-state index is 0.0131. The summed E-state index contributed by atoms with van der Waals surface area (Å²) in [5, 5.41) is 10.8. The first-order valence-electron chi connectivity index (χ1n) is 11.7. The van der Waals surface area contributed by atoms with Crippen LogP contribution in [0.4, 0.5) is 5.69 Å². The van der Waals surface area contributed by atoms with E-state index in [-0.39, 0.29) is 34.5 Å². The van der Waals surface area contributed by atoms with Crippen LogP contribution in [0.25, 0.3) is 0 Å². The lowest BCUT2D eigenvalue weighted by atomic mass is 9.85. The molecule has 0 saturated heterocycles. The molecule has 176 valence electrons. The van der Waals surface area contributed by atoms with Crippen LogP contribution in [0.15, 0.2) is 59.9 Å². The van der Waals surface area contributed by atoms with Crippen LogP contribution >= 0.6 is 0 Å². The first-order valence-corrected chi connectivity index (χ1v) is 11.7. The number of benzene rings is 2. The van der Waals surface area contributed by atoms with Gasteiger partial charge < -0.3 is 5.11 Å². The van der Waals surface area contributed by atoms with E-state index in [1.54, 1.807) is 4.90 Å². The largest absolute Gasteiger partial charge is 0.503 e. The minimum atomic E-state index is -0.654. The molecule has 1 aliphatic rings. The van der Waals surface area contributed by atoms with Gasteiger partial charge in [-0.05, 0) is 45.6 Å². The Labute approximate surface area is 198 Å². The number of hydrogen-bond acceptors (Lipinski definition) is 3. The zero-order chi connectivity index (χ0) is 24.7. The van der Waals surface area contributed by atoms with E-state index in [1.807, 2.05) is 62.4 Å². The Morgan fingerprint density at radius 1 is 0.879 bits per heavy atom. The fourth-order valence-electron chi connectivity index (χ4n) is 4.24.